The predicted octanol–water partition coefficient (Wildman–Crippen LogP) is 2.80. The minimum Gasteiger partial charge on any atom is -0.306 e. The second-order valence-electron chi connectivity index (χ2n) is 4.32. The van der Waals surface area contributed by atoms with Crippen molar-refractivity contribution in [3.8, 4) is 0 Å². The summed E-state index contributed by atoms with van der Waals surface area (Å²) in [6.45, 7) is 0. The zero-order chi connectivity index (χ0) is 12.4. The molecule has 1 aromatic rings. The molecule has 1 aliphatic rings. The van der Waals surface area contributed by atoms with E-state index in [0.717, 1.165) is 21.6 Å². The molecule has 1 saturated carbocycles. The van der Waals surface area contributed by atoms with E-state index < -0.39 is 0 Å². The van der Waals surface area contributed by atoms with Gasteiger partial charge in [-0.15, -0.1) is 0 Å². The van der Waals surface area contributed by atoms with E-state index in [9.17, 15) is 4.79 Å². The van der Waals surface area contributed by atoms with Crippen molar-refractivity contribution in [2.45, 2.75) is 24.1 Å². The molecule has 1 fully saturated rings. The summed E-state index contributed by atoms with van der Waals surface area (Å²) in [5.74, 6) is 6.06. The van der Waals surface area contributed by atoms with E-state index in [2.05, 4.69) is 27.3 Å². The lowest BCUT2D eigenvalue weighted by Crippen LogP contribution is -2.37. The Bertz CT molecular complexity index is 430. The largest absolute Gasteiger partial charge is 0.335 e. The third kappa shape index (κ3) is 2.79. The summed E-state index contributed by atoms with van der Waals surface area (Å²) < 4.78 is 0. The van der Waals surface area contributed by atoms with Crippen LogP contribution in [0.3, 0.4) is 0 Å². The number of rotatable bonds is 3. The van der Waals surface area contributed by atoms with Crippen molar-refractivity contribution in [1.82, 2.24) is 5.01 Å². The zero-order valence-corrected chi connectivity index (χ0v) is 11.3. The SMILES string of the molecule is CN(N)C(=O)Nc1cccc(C2CC2)c1CBr. The molecule has 0 aromatic heterocycles. The van der Waals surface area contributed by atoms with Crippen LogP contribution in [0.4, 0.5) is 10.5 Å². The fraction of sp³-hybridized carbons (Fsp3) is 0.417. The van der Waals surface area contributed by atoms with Crippen molar-refractivity contribution < 1.29 is 4.79 Å². The summed E-state index contributed by atoms with van der Waals surface area (Å²) in [6, 6.07) is 5.71. The summed E-state index contributed by atoms with van der Waals surface area (Å²) in [7, 11) is 1.52. The quantitative estimate of drug-likeness (QED) is 0.390. The van der Waals surface area contributed by atoms with E-state index in [1.807, 2.05) is 12.1 Å². The van der Waals surface area contributed by atoms with Crippen LogP contribution in [0.1, 0.15) is 29.9 Å². The van der Waals surface area contributed by atoms with Crippen molar-refractivity contribution in [3.05, 3.63) is 29.3 Å². The van der Waals surface area contributed by atoms with Crippen LogP contribution < -0.4 is 11.2 Å². The molecular formula is C12H16BrN3O. The number of halogens is 1. The van der Waals surface area contributed by atoms with Crippen molar-refractivity contribution in [1.29, 1.82) is 0 Å². The van der Waals surface area contributed by atoms with E-state index >= 15 is 0 Å². The lowest BCUT2D eigenvalue weighted by atomic mass is 10.0. The van der Waals surface area contributed by atoms with Gasteiger partial charge in [0.2, 0.25) is 0 Å². The van der Waals surface area contributed by atoms with Gasteiger partial charge in [-0.25, -0.2) is 10.6 Å². The van der Waals surface area contributed by atoms with Gasteiger partial charge in [0, 0.05) is 18.1 Å². The van der Waals surface area contributed by atoms with Crippen molar-refractivity contribution in [3.63, 3.8) is 0 Å². The van der Waals surface area contributed by atoms with Crippen LogP contribution in [-0.2, 0) is 5.33 Å². The van der Waals surface area contributed by atoms with Crippen LogP contribution >= 0.6 is 15.9 Å². The van der Waals surface area contributed by atoms with E-state index in [1.165, 1.54) is 25.5 Å². The van der Waals surface area contributed by atoms with Gasteiger partial charge in [0.25, 0.3) is 0 Å². The first-order valence-electron chi connectivity index (χ1n) is 5.60. The van der Waals surface area contributed by atoms with Crippen LogP contribution in [0.5, 0.6) is 0 Å². The number of hydrogen-bond acceptors (Lipinski definition) is 2. The van der Waals surface area contributed by atoms with E-state index in [-0.39, 0.29) is 6.03 Å². The molecule has 0 aliphatic heterocycles. The highest BCUT2D eigenvalue weighted by molar-refractivity contribution is 9.08. The predicted molar refractivity (Wildman–Crippen MR) is 72.0 cm³/mol. The lowest BCUT2D eigenvalue weighted by molar-refractivity contribution is 0.223. The standard InChI is InChI=1S/C12H16BrN3O/c1-16(14)12(17)15-11-4-2-3-9(8-5-6-8)10(11)7-13/h2-4,8H,5-7,14H2,1H3,(H,15,17). The summed E-state index contributed by atoms with van der Waals surface area (Å²) >= 11 is 3.49. The monoisotopic (exact) mass is 297 g/mol. The molecule has 1 aliphatic carbocycles. The summed E-state index contributed by atoms with van der Waals surface area (Å²) in [5.41, 5.74) is 3.33. The van der Waals surface area contributed by atoms with Crippen LogP contribution in [0.25, 0.3) is 0 Å². The van der Waals surface area contributed by atoms with Crippen LogP contribution in [0, 0.1) is 0 Å². The number of urea groups is 1. The lowest BCUT2D eigenvalue weighted by Gasteiger charge is -2.16. The molecule has 2 rings (SSSR count). The highest BCUT2D eigenvalue weighted by Gasteiger charge is 2.26. The zero-order valence-electron chi connectivity index (χ0n) is 9.74. The summed E-state index contributed by atoms with van der Waals surface area (Å²) in [6.07, 6.45) is 2.49. The van der Waals surface area contributed by atoms with Crippen molar-refractivity contribution in [2.24, 2.45) is 5.84 Å². The number of carbonyl (C=O) groups is 1. The number of carbonyl (C=O) groups excluding carboxylic acids is 1. The molecule has 0 saturated heterocycles. The molecule has 0 unspecified atom stereocenters. The Hall–Kier alpha value is -1.07. The number of benzene rings is 1. The Morgan fingerprint density at radius 1 is 1.59 bits per heavy atom. The Labute approximate surface area is 109 Å². The van der Waals surface area contributed by atoms with Gasteiger partial charge in [-0.05, 0) is 36.0 Å². The third-order valence-electron chi connectivity index (χ3n) is 2.93. The molecular weight excluding hydrogens is 282 g/mol. The van der Waals surface area contributed by atoms with Crippen molar-refractivity contribution in [2.75, 3.05) is 12.4 Å². The molecule has 0 atom stereocenters. The molecule has 17 heavy (non-hydrogen) atoms. The van der Waals surface area contributed by atoms with Crippen LogP contribution in [0.2, 0.25) is 0 Å². The van der Waals surface area contributed by atoms with E-state index in [0.29, 0.717) is 5.92 Å². The van der Waals surface area contributed by atoms with Gasteiger partial charge in [-0.3, -0.25) is 5.01 Å². The minimum absolute atomic E-state index is 0.305. The minimum atomic E-state index is -0.305. The number of hydrazine groups is 1. The smallest absolute Gasteiger partial charge is 0.306 e. The molecule has 3 N–H and O–H groups in total. The topological polar surface area (TPSA) is 58.4 Å². The average molecular weight is 298 g/mol. The van der Waals surface area contributed by atoms with Crippen LogP contribution in [0.15, 0.2) is 18.2 Å². The van der Waals surface area contributed by atoms with Gasteiger partial charge in [0.15, 0.2) is 0 Å². The maximum Gasteiger partial charge on any atom is 0.335 e. The maximum atomic E-state index is 11.6. The number of nitrogens with two attached hydrogens (primary N) is 1. The van der Waals surface area contributed by atoms with Gasteiger partial charge >= 0.3 is 6.03 Å². The Morgan fingerprint density at radius 3 is 2.82 bits per heavy atom. The second-order valence-corrected chi connectivity index (χ2v) is 4.88. The van der Waals surface area contributed by atoms with Gasteiger partial charge < -0.3 is 5.32 Å². The second kappa shape index (κ2) is 5.06. The van der Waals surface area contributed by atoms with Gasteiger partial charge in [-0.1, -0.05) is 28.1 Å². The number of anilines is 1. The molecule has 0 heterocycles. The fourth-order valence-electron chi connectivity index (χ4n) is 1.85. The normalized spacial score (nSPS) is 14.5. The molecule has 92 valence electrons. The van der Waals surface area contributed by atoms with Crippen LogP contribution in [-0.4, -0.2) is 18.1 Å². The number of amides is 2. The molecule has 0 radical (unpaired) electrons. The Morgan fingerprint density at radius 2 is 2.29 bits per heavy atom. The highest BCUT2D eigenvalue weighted by Crippen LogP contribution is 2.43. The van der Waals surface area contributed by atoms with E-state index in [4.69, 9.17) is 5.84 Å². The summed E-state index contributed by atoms with van der Waals surface area (Å²) in [4.78, 5) is 11.6. The highest BCUT2D eigenvalue weighted by atomic mass is 79.9. The fourth-order valence-corrected chi connectivity index (χ4v) is 2.48. The Balaban J connectivity index is 2.26. The Kier molecular flexibility index (Phi) is 3.69. The summed E-state index contributed by atoms with van der Waals surface area (Å²) in [5, 5.41) is 4.60. The number of alkyl halides is 1. The van der Waals surface area contributed by atoms with Gasteiger partial charge in [-0.2, -0.15) is 0 Å². The average Bonchev–Trinajstić information content (AvgIpc) is 3.12. The van der Waals surface area contributed by atoms with Crippen molar-refractivity contribution >= 4 is 27.6 Å². The van der Waals surface area contributed by atoms with E-state index in [1.54, 1.807) is 0 Å². The molecule has 2 amide bonds. The third-order valence-corrected chi connectivity index (χ3v) is 3.49. The molecule has 0 bridgehead atoms. The first-order valence-corrected chi connectivity index (χ1v) is 6.72. The number of hydrogen-bond donors (Lipinski definition) is 2. The number of nitrogens with zero attached hydrogens (tertiary/aromatic N) is 1. The maximum absolute atomic E-state index is 11.6. The first-order chi connectivity index (χ1) is 8.13. The molecule has 5 heteroatoms. The number of nitrogens with one attached hydrogen (secondary N) is 1. The molecule has 4 nitrogen and oxygen atoms in total. The van der Waals surface area contributed by atoms with Gasteiger partial charge in [0.05, 0.1) is 0 Å². The molecule has 1 aromatic carbocycles. The molecule has 0 spiro atoms. The van der Waals surface area contributed by atoms with Gasteiger partial charge in [0.1, 0.15) is 0 Å². The first kappa shape index (κ1) is 12.4.